The van der Waals surface area contributed by atoms with Gasteiger partial charge < -0.3 is 10.2 Å². The van der Waals surface area contributed by atoms with Gasteiger partial charge in [0.25, 0.3) is 5.91 Å². The van der Waals surface area contributed by atoms with E-state index in [0.29, 0.717) is 6.54 Å². The van der Waals surface area contributed by atoms with E-state index < -0.39 is 0 Å². The maximum atomic E-state index is 12.3. The van der Waals surface area contributed by atoms with Crippen LogP contribution < -0.4 is 5.32 Å². The van der Waals surface area contributed by atoms with E-state index in [1.54, 1.807) is 6.20 Å². The average Bonchev–Trinajstić information content (AvgIpc) is 3.20. The first-order chi connectivity index (χ1) is 12.5. The van der Waals surface area contributed by atoms with E-state index in [1.807, 2.05) is 23.0 Å². The van der Waals surface area contributed by atoms with E-state index in [-0.39, 0.29) is 5.91 Å². The maximum absolute atomic E-state index is 12.3. The summed E-state index contributed by atoms with van der Waals surface area (Å²) < 4.78 is 2.82. The summed E-state index contributed by atoms with van der Waals surface area (Å²) in [5, 5.41) is 7.31. The monoisotopic (exact) mass is 438 g/mol. The van der Waals surface area contributed by atoms with Gasteiger partial charge in [-0.25, -0.2) is 0 Å². The lowest BCUT2D eigenvalue weighted by Gasteiger charge is -2.34. The normalized spacial score (nSPS) is 21.0. The number of carbonyl (C=O) groups excluding carboxylic acids is 1. The summed E-state index contributed by atoms with van der Waals surface area (Å²) in [5.74, 6) is 1.60. The third kappa shape index (κ3) is 5.66. The van der Waals surface area contributed by atoms with Gasteiger partial charge in [0, 0.05) is 30.7 Å². The highest BCUT2D eigenvalue weighted by atomic mass is 79.9. The molecule has 0 aliphatic carbocycles. The molecule has 142 valence electrons. The van der Waals surface area contributed by atoms with Gasteiger partial charge in [0.15, 0.2) is 0 Å². The third-order valence-electron chi connectivity index (χ3n) is 4.69. The number of carbonyl (C=O) groups is 1. The number of nitrogens with one attached hydrogen (secondary N) is 1. The first kappa shape index (κ1) is 19.6. The molecule has 0 radical (unpaired) electrons. The molecule has 1 aliphatic heterocycles. The lowest BCUT2D eigenvalue weighted by molar-refractivity contribution is 0.0951. The van der Waals surface area contributed by atoms with Gasteiger partial charge in [-0.15, -0.1) is 11.3 Å². The molecule has 1 amide bonds. The molecule has 0 saturated carbocycles. The van der Waals surface area contributed by atoms with Crippen molar-refractivity contribution in [2.45, 2.75) is 33.2 Å². The molecule has 1 saturated heterocycles. The predicted molar refractivity (Wildman–Crippen MR) is 110 cm³/mol. The van der Waals surface area contributed by atoms with Crippen molar-refractivity contribution in [3.8, 4) is 0 Å². The van der Waals surface area contributed by atoms with Crippen LogP contribution in [0.3, 0.4) is 0 Å². The van der Waals surface area contributed by atoms with E-state index >= 15 is 0 Å². The van der Waals surface area contributed by atoms with Crippen molar-refractivity contribution in [1.82, 2.24) is 20.0 Å². The van der Waals surface area contributed by atoms with Crippen LogP contribution in [0.2, 0.25) is 0 Å². The molecule has 1 N–H and O–H groups in total. The molecule has 1 aliphatic rings. The number of likely N-dealkylation sites (tertiary alicyclic amines) is 1. The second kappa shape index (κ2) is 9.15. The number of hydrogen-bond donors (Lipinski definition) is 1. The van der Waals surface area contributed by atoms with E-state index in [0.717, 1.165) is 45.6 Å². The van der Waals surface area contributed by atoms with Crippen molar-refractivity contribution in [1.29, 1.82) is 0 Å². The highest BCUT2D eigenvalue weighted by molar-refractivity contribution is 9.10. The first-order valence-electron chi connectivity index (χ1n) is 9.27. The quantitative estimate of drug-likeness (QED) is 0.667. The molecule has 2 atom stereocenters. The topological polar surface area (TPSA) is 50.2 Å². The smallest absolute Gasteiger partial charge is 0.261 e. The minimum absolute atomic E-state index is 0.0308. The van der Waals surface area contributed by atoms with E-state index in [4.69, 9.17) is 0 Å². The number of aromatic nitrogens is 2. The molecule has 0 aromatic carbocycles. The number of thiophene rings is 1. The van der Waals surface area contributed by atoms with Gasteiger partial charge in [0.05, 0.1) is 22.1 Å². The molecule has 5 nitrogen and oxygen atoms in total. The van der Waals surface area contributed by atoms with Crippen LogP contribution in [0.25, 0.3) is 0 Å². The number of hydrogen-bond acceptors (Lipinski definition) is 4. The highest BCUT2D eigenvalue weighted by Crippen LogP contribution is 2.21. The second-order valence-corrected chi connectivity index (χ2v) is 9.52. The SMILES string of the molecule is CC1CC(C)CN(CCCNC(=O)c2ccc(Cn3cc(Br)cn3)s2)C1. The Morgan fingerprint density at radius 2 is 2.12 bits per heavy atom. The highest BCUT2D eigenvalue weighted by Gasteiger charge is 2.21. The largest absolute Gasteiger partial charge is 0.351 e. The zero-order chi connectivity index (χ0) is 18.5. The molecule has 2 aromatic rings. The summed E-state index contributed by atoms with van der Waals surface area (Å²) in [6.07, 6.45) is 6.04. The molecule has 3 rings (SSSR count). The fourth-order valence-corrected chi connectivity index (χ4v) is 4.98. The van der Waals surface area contributed by atoms with Gasteiger partial charge in [0.1, 0.15) is 0 Å². The Labute approximate surface area is 167 Å². The van der Waals surface area contributed by atoms with Gasteiger partial charge in [0.2, 0.25) is 0 Å². The third-order valence-corrected chi connectivity index (χ3v) is 6.16. The van der Waals surface area contributed by atoms with Crippen LogP contribution in [-0.4, -0.2) is 46.8 Å². The van der Waals surface area contributed by atoms with E-state index in [1.165, 1.54) is 30.8 Å². The minimum Gasteiger partial charge on any atom is -0.351 e. The van der Waals surface area contributed by atoms with Crippen LogP contribution >= 0.6 is 27.3 Å². The summed E-state index contributed by atoms with van der Waals surface area (Å²) >= 11 is 4.93. The fraction of sp³-hybridized carbons (Fsp3) is 0.579. The van der Waals surface area contributed by atoms with Crippen molar-refractivity contribution in [3.63, 3.8) is 0 Å². The summed E-state index contributed by atoms with van der Waals surface area (Å²) in [5.41, 5.74) is 0. The number of piperidine rings is 1. The average molecular weight is 439 g/mol. The zero-order valence-corrected chi connectivity index (χ0v) is 17.9. The number of nitrogens with zero attached hydrogens (tertiary/aromatic N) is 3. The molecular weight excluding hydrogens is 412 g/mol. The number of amides is 1. The molecule has 1 fully saturated rings. The van der Waals surface area contributed by atoms with E-state index in [9.17, 15) is 4.79 Å². The lowest BCUT2D eigenvalue weighted by atomic mass is 9.92. The Hall–Kier alpha value is -1.18. The first-order valence-corrected chi connectivity index (χ1v) is 10.9. The van der Waals surface area contributed by atoms with Crippen LogP contribution in [0.15, 0.2) is 29.0 Å². The van der Waals surface area contributed by atoms with Crippen LogP contribution in [0.1, 0.15) is 41.2 Å². The van der Waals surface area contributed by atoms with Gasteiger partial charge in [-0.05, 0) is 59.3 Å². The summed E-state index contributed by atoms with van der Waals surface area (Å²) in [7, 11) is 0. The molecule has 0 spiro atoms. The predicted octanol–water partition coefficient (Wildman–Crippen LogP) is 3.85. The van der Waals surface area contributed by atoms with Crippen molar-refractivity contribution < 1.29 is 4.79 Å². The van der Waals surface area contributed by atoms with Crippen LogP contribution in [-0.2, 0) is 6.54 Å². The van der Waals surface area contributed by atoms with E-state index in [2.05, 4.69) is 45.1 Å². The van der Waals surface area contributed by atoms with Gasteiger partial charge in [-0.3, -0.25) is 9.48 Å². The van der Waals surface area contributed by atoms with Gasteiger partial charge in [-0.2, -0.15) is 5.10 Å². The molecular formula is C19H27BrN4OS. The molecule has 0 bridgehead atoms. The molecule has 3 heterocycles. The summed E-state index contributed by atoms with van der Waals surface area (Å²) in [6.45, 7) is 9.54. The zero-order valence-electron chi connectivity index (χ0n) is 15.4. The van der Waals surface area contributed by atoms with Gasteiger partial charge in [-0.1, -0.05) is 13.8 Å². The fourth-order valence-electron chi connectivity index (χ4n) is 3.74. The molecule has 26 heavy (non-hydrogen) atoms. The maximum Gasteiger partial charge on any atom is 0.261 e. The summed E-state index contributed by atoms with van der Waals surface area (Å²) in [4.78, 5) is 16.8. The van der Waals surface area contributed by atoms with Crippen molar-refractivity contribution in [3.05, 3.63) is 38.8 Å². The molecule has 2 aromatic heterocycles. The number of rotatable bonds is 7. The summed E-state index contributed by atoms with van der Waals surface area (Å²) in [6, 6.07) is 3.91. The Kier molecular flexibility index (Phi) is 6.89. The minimum atomic E-state index is 0.0308. The van der Waals surface area contributed by atoms with Crippen LogP contribution in [0, 0.1) is 11.8 Å². The van der Waals surface area contributed by atoms with Crippen molar-refractivity contribution in [2.75, 3.05) is 26.2 Å². The standard InChI is InChI=1S/C19H27BrN4OS/c1-14-8-15(2)11-23(10-14)7-3-6-21-19(25)18-5-4-17(26-18)13-24-12-16(20)9-22-24/h4-5,9,12,14-15H,3,6-8,10-11,13H2,1-2H3,(H,21,25). The van der Waals surface area contributed by atoms with Crippen molar-refractivity contribution >= 4 is 33.2 Å². The van der Waals surface area contributed by atoms with Crippen LogP contribution in [0.4, 0.5) is 0 Å². The molecule has 2 unspecified atom stereocenters. The Morgan fingerprint density at radius 3 is 2.81 bits per heavy atom. The molecule has 7 heteroatoms. The Bertz CT molecular complexity index is 719. The van der Waals surface area contributed by atoms with Crippen LogP contribution in [0.5, 0.6) is 0 Å². The number of halogens is 1. The lowest BCUT2D eigenvalue weighted by Crippen LogP contribution is -2.40. The van der Waals surface area contributed by atoms with Crippen molar-refractivity contribution in [2.24, 2.45) is 11.8 Å². The van der Waals surface area contributed by atoms with Gasteiger partial charge >= 0.3 is 0 Å². The Morgan fingerprint density at radius 1 is 1.35 bits per heavy atom. The Balaban J connectivity index is 1.40. The second-order valence-electron chi connectivity index (χ2n) is 7.44.